The van der Waals surface area contributed by atoms with Crippen molar-refractivity contribution in [2.75, 3.05) is 19.7 Å². The van der Waals surface area contributed by atoms with E-state index in [1.165, 1.54) is 75.6 Å². The van der Waals surface area contributed by atoms with Crippen LogP contribution in [0.2, 0.25) is 0 Å². The van der Waals surface area contributed by atoms with E-state index in [9.17, 15) is 0 Å². The van der Waals surface area contributed by atoms with Crippen LogP contribution in [0.1, 0.15) is 89.7 Å². The molecule has 1 aromatic rings. The molecule has 3 heteroatoms. The number of rotatable bonds is 8. The van der Waals surface area contributed by atoms with Gasteiger partial charge in [-0.3, -0.25) is 4.90 Å². The summed E-state index contributed by atoms with van der Waals surface area (Å²) in [6, 6.07) is 5.32. The Hall–Kier alpha value is -1.74. The summed E-state index contributed by atoms with van der Waals surface area (Å²) in [5, 5.41) is 0. The van der Waals surface area contributed by atoms with Gasteiger partial charge in [-0.1, -0.05) is 29.7 Å². The Kier molecular flexibility index (Phi) is 6.04. The Morgan fingerprint density at radius 3 is 2.76 bits per heavy atom. The minimum atomic E-state index is 0.247. The van der Waals surface area contributed by atoms with E-state index in [-0.39, 0.29) is 5.41 Å². The minimum Gasteiger partial charge on any atom is -0.486 e. The van der Waals surface area contributed by atoms with E-state index in [4.69, 9.17) is 9.47 Å². The molecule has 3 aliphatic carbocycles. The lowest BCUT2D eigenvalue weighted by molar-refractivity contribution is -0.0592. The Morgan fingerprint density at radius 2 is 1.97 bits per heavy atom. The molecule has 2 heterocycles. The van der Waals surface area contributed by atoms with Gasteiger partial charge in [0, 0.05) is 23.6 Å². The van der Waals surface area contributed by atoms with Gasteiger partial charge in [0.25, 0.3) is 0 Å². The van der Waals surface area contributed by atoms with E-state index in [1.807, 2.05) is 0 Å². The third kappa shape index (κ3) is 3.74. The van der Waals surface area contributed by atoms with Crippen molar-refractivity contribution in [2.24, 2.45) is 11.8 Å². The molecule has 34 heavy (non-hydrogen) atoms. The van der Waals surface area contributed by atoms with Crippen molar-refractivity contribution in [3.05, 3.63) is 46.6 Å². The quantitative estimate of drug-likeness (QED) is 0.390. The second kappa shape index (κ2) is 9.04. The number of hydrogen-bond donors (Lipinski definition) is 0. The SMILES string of the molecule is CC(C)=CCCC(C)=CCOc1ccc2c3c1OC1CCCC4C(C2)N(CC2CCC2)CCC314. The topological polar surface area (TPSA) is 21.7 Å². The van der Waals surface area contributed by atoms with Crippen LogP contribution in [0.5, 0.6) is 11.5 Å². The largest absolute Gasteiger partial charge is 0.486 e. The molecule has 1 saturated heterocycles. The van der Waals surface area contributed by atoms with Crippen molar-refractivity contribution < 1.29 is 9.47 Å². The van der Waals surface area contributed by atoms with Crippen LogP contribution < -0.4 is 9.47 Å². The highest BCUT2D eigenvalue weighted by molar-refractivity contribution is 5.61. The molecule has 4 unspecified atom stereocenters. The third-order valence-electron chi connectivity index (χ3n) is 9.81. The van der Waals surface area contributed by atoms with Crippen molar-refractivity contribution in [2.45, 2.75) is 103 Å². The fourth-order valence-electron chi connectivity index (χ4n) is 7.90. The molecule has 3 fully saturated rings. The van der Waals surface area contributed by atoms with Crippen LogP contribution >= 0.6 is 0 Å². The van der Waals surface area contributed by atoms with E-state index >= 15 is 0 Å². The van der Waals surface area contributed by atoms with Crippen LogP contribution in [0.15, 0.2) is 35.4 Å². The average Bonchev–Trinajstić information content (AvgIpc) is 3.12. The number of nitrogens with zero attached hydrogens (tertiary/aromatic N) is 1. The van der Waals surface area contributed by atoms with Gasteiger partial charge in [0.05, 0.1) is 0 Å². The van der Waals surface area contributed by atoms with Gasteiger partial charge in [0.15, 0.2) is 11.5 Å². The van der Waals surface area contributed by atoms with Crippen molar-refractivity contribution >= 4 is 0 Å². The molecule has 0 amide bonds. The normalized spacial score (nSPS) is 32.0. The summed E-state index contributed by atoms with van der Waals surface area (Å²) in [6.45, 7) is 9.79. The highest BCUT2D eigenvalue weighted by Gasteiger charge is 2.63. The van der Waals surface area contributed by atoms with E-state index in [2.05, 4.69) is 50.0 Å². The molecule has 1 spiro atoms. The van der Waals surface area contributed by atoms with E-state index in [1.54, 1.807) is 11.1 Å². The first-order chi connectivity index (χ1) is 16.6. The average molecular weight is 462 g/mol. The summed E-state index contributed by atoms with van der Waals surface area (Å²) in [6.07, 6.45) is 17.9. The summed E-state index contributed by atoms with van der Waals surface area (Å²) in [4.78, 5) is 2.90. The number of benzene rings is 1. The second-order valence-electron chi connectivity index (χ2n) is 12.1. The lowest BCUT2D eigenvalue weighted by Crippen LogP contribution is -2.64. The number of allylic oxidation sites excluding steroid dienone is 3. The Labute approximate surface area is 206 Å². The lowest BCUT2D eigenvalue weighted by atomic mass is 9.52. The third-order valence-corrected chi connectivity index (χ3v) is 9.81. The van der Waals surface area contributed by atoms with Gasteiger partial charge >= 0.3 is 0 Å². The number of ether oxygens (including phenoxy) is 2. The maximum atomic E-state index is 6.84. The molecule has 184 valence electrons. The van der Waals surface area contributed by atoms with Crippen molar-refractivity contribution in [3.8, 4) is 11.5 Å². The molecule has 6 rings (SSSR count). The molecule has 0 N–H and O–H groups in total. The van der Waals surface area contributed by atoms with Gasteiger partial charge in [0.1, 0.15) is 12.7 Å². The fourth-order valence-corrected chi connectivity index (χ4v) is 7.90. The zero-order valence-corrected chi connectivity index (χ0v) is 21.6. The van der Waals surface area contributed by atoms with Crippen LogP contribution in [0, 0.1) is 11.8 Å². The standard InChI is InChI=1S/C31H43NO2/c1-21(2)7-4-8-22(3)15-18-33-27-14-13-24-19-26-25-11-6-12-28-31(25,29(24)30(27)34-28)16-17-32(26)20-23-9-5-10-23/h7,13-15,23,25-26,28H,4-6,8-12,16-20H2,1-3H3. The predicted octanol–water partition coefficient (Wildman–Crippen LogP) is 6.99. The van der Waals surface area contributed by atoms with E-state index < -0.39 is 0 Å². The summed E-state index contributed by atoms with van der Waals surface area (Å²) >= 11 is 0. The summed E-state index contributed by atoms with van der Waals surface area (Å²) in [5.41, 5.74) is 6.16. The molecule has 0 aromatic heterocycles. The smallest absolute Gasteiger partial charge is 0.165 e. The fraction of sp³-hybridized carbons (Fsp3) is 0.677. The summed E-state index contributed by atoms with van der Waals surface area (Å²) in [5.74, 6) is 3.81. The van der Waals surface area contributed by atoms with Crippen LogP contribution in [0.4, 0.5) is 0 Å². The lowest BCUT2D eigenvalue weighted by Gasteiger charge is -2.59. The predicted molar refractivity (Wildman–Crippen MR) is 139 cm³/mol. The molecular formula is C31H43NO2. The Bertz CT molecular complexity index is 985. The molecule has 2 aliphatic heterocycles. The molecule has 1 aromatic carbocycles. The van der Waals surface area contributed by atoms with Crippen molar-refractivity contribution in [1.29, 1.82) is 0 Å². The number of piperidine rings is 1. The first-order valence-electron chi connectivity index (χ1n) is 14.0. The van der Waals surface area contributed by atoms with Gasteiger partial charge in [-0.2, -0.15) is 0 Å². The zero-order chi connectivity index (χ0) is 23.3. The second-order valence-corrected chi connectivity index (χ2v) is 12.1. The van der Waals surface area contributed by atoms with Gasteiger partial charge < -0.3 is 9.47 Å². The minimum absolute atomic E-state index is 0.247. The van der Waals surface area contributed by atoms with Crippen LogP contribution in [0.25, 0.3) is 0 Å². The maximum Gasteiger partial charge on any atom is 0.165 e. The van der Waals surface area contributed by atoms with Crippen LogP contribution in [0.3, 0.4) is 0 Å². The molecule has 5 aliphatic rings. The molecular weight excluding hydrogens is 418 g/mol. The first kappa shape index (κ1) is 22.7. The van der Waals surface area contributed by atoms with E-state index in [0.29, 0.717) is 12.7 Å². The van der Waals surface area contributed by atoms with Crippen molar-refractivity contribution in [3.63, 3.8) is 0 Å². The van der Waals surface area contributed by atoms with E-state index in [0.717, 1.165) is 42.2 Å². The molecule has 2 bridgehead atoms. The molecule has 2 saturated carbocycles. The summed E-state index contributed by atoms with van der Waals surface area (Å²) in [7, 11) is 0. The molecule has 4 atom stereocenters. The Balaban J connectivity index is 1.23. The maximum absolute atomic E-state index is 6.84. The first-order valence-corrected chi connectivity index (χ1v) is 14.0. The van der Waals surface area contributed by atoms with Crippen LogP contribution in [-0.2, 0) is 11.8 Å². The van der Waals surface area contributed by atoms with Crippen LogP contribution in [-0.4, -0.2) is 36.7 Å². The highest BCUT2D eigenvalue weighted by atomic mass is 16.5. The van der Waals surface area contributed by atoms with Gasteiger partial charge in [-0.05, 0) is 115 Å². The van der Waals surface area contributed by atoms with Gasteiger partial charge in [-0.15, -0.1) is 0 Å². The van der Waals surface area contributed by atoms with Gasteiger partial charge in [-0.25, -0.2) is 0 Å². The van der Waals surface area contributed by atoms with Crippen molar-refractivity contribution in [1.82, 2.24) is 4.90 Å². The van der Waals surface area contributed by atoms with Gasteiger partial charge in [0.2, 0.25) is 0 Å². The summed E-state index contributed by atoms with van der Waals surface area (Å²) < 4.78 is 13.2. The highest BCUT2D eigenvalue weighted by Crippen LogP contribution is 2.64. The number of likely N-dealkylation sites (tertiary alicyclic amines) is 1. The molecule has 3 nitrogen and oxygen atoms in total. The Morgan fingerprint density at radius 1 is 1.12 bits per heavy atom. The number of hydrogen-bond acceptors (Lipinski definition) is 3. The monoisotopic (exact) mass is 461 g/mol. The zero-order valence-electron chi connectivity index (χ0n) is 21.6. The molecule has 0 radical (unpaired) electrons.